The van der Waals surface area contributed by atoms with Gasteiger partial charge in [0, 0.05) is 32.8 Å². The van der Waals surface area contributed by atoms with Crippen LogP contribution in [0.5, 0.6) is 0 Å². The Morgan fingerprint density at radius 2 is 2.11 bits per heavy atom. The second-order valence-electron chi connectivity index (χ2n) is 5.19. The summed E-state index contributed by atoms with van der Waals surface area (Å²) in [6, 6.07) is 0.312. The molecule has 0 bridgehead atoms. The van der Waals surface area contributed by atoms with Gasteiger partial charge in [0.1, 0.15) is 0 Å². The lowest BCUT2D eigenvalue weighted by Gasteiger charge is -2.27. The van der Waals surface area contributed by atoms with E-state index in [4.69, 9.17) is 4.74 Å². The van der Waals surface area contributed by atoms with Crippen molar-refractivity contribution in [2.24, 2.45) is 0 Å². The molecule has 0 aromatic heterocycles. The first-order valence-electron chi connectivity index (χ1n) is 6.71. The second-order valence-corrected chi connectivity index (χ2v) is 7.39. The minimum atomic E-state index is -3.16. The quantitative estimate of drug-likeness (QED) is 0.749. The van der Waals surface area contributed by atoms with Gasteiger partial charge in [0.15, 0.2) is 0 Å². The van der Waals surface area contributed by atoms with Crippen LogP contribution in [-0.4, -0.2) is 57.4 Å². The van der Waals surface area contributed by atoms with Crippen LogP contribution < -0.4 is 5.32 Å². The zero-order chi connectivity index (χ0) is 13.6. The number of likely N-dealkylation sites (N-methyl/N-ethyl adjacent to an activating group) is 1. The van der Waals surface area contributed by atoms with E-state index in [2.05, 4.69) is 5.32 Å². The van der Waals surface area contributed by atoms with Crippen LogP contribution in [0.3, 0.4) is 0 Å². The Morgan fingerprint density at radius 1 is 1.39 bits per heavy atom. The Balaban J connectivity index is 2.35. The number of ether oxygens (including phenoxy) is 1. The van der Waals surface area contributed by atoms with Gasteiger partial charge >= 0.3 is 0 Å². The summed E-state index contributed by atoms with van der Waals surface area (Å²) in [6.45, 7) is 5.74. The predicted molar refractivity (Wildman–Crippen MR) is 73.1 cm³/mol. The van der Waals surface area contributed by atoms with Gasteiger partial charge in [-0.05, 0) is 19.3 Å². The van der Waals surface area contributed by atoms with E-state index in [1.807, 2.05) is 13.8 Å². The van der Waals surface area contributed by atoms with Crippen LogP contribution in [0.15, 0.2) is 0 Å². The molecule has 1 aliphatic rings. The van der Waals surface area contributed by atoms with Gasteiger partial charge in [-0.1, -0.05) is 13.8 Å². The summed E-state index contributed by atoms with van der Waals surface area (Å²) < 4.78 is 31.0. The van der Waals surface area contributed by atoms with Crippen LogP contribution in [0, 0.1) is 0 Å². The lowest BCUT2D eigenvalue weighted by molar-refractivity contribution is 0.00859. The van der Waals surface area contributed by atoms with Crippen molar-refractivity contribution in [1.82, 2.24) is 9.62 Å². The third kappa shape index (κ3) is 5.65. The van der Waals surface area contributed by atoms with E-state index in [0.717, 1.165) is 25.9 Å². The van der Waals surface area contributed by atoms with Crippen LogP contribution in [0.25, 0.3) is 0 Å². The fourth-order valence-electron chi connectivity index (χ4n) is 1.98. The van der Waals surface area contributed by atoms with Crippen LogP contribution in [-0.2, 0) is 14.8 Å². The Morgan fingerprint density at radius 3 is 2.67 bits per heavy atom. The van der Waals surface area contributed by atoms with Crippen molar-refractivity contribution in [3.63, 3.8) is 0 Å². The Hall–Kier alpha value is -0.170. The smallest absolute Gasteiger partial charge is 0.215 e. The van der Waals surface area contributed by atoms with Crippen molar-refractivity contribution < 1.29 is 13.2 Å². The van der Waals surface area contributed by atoms with E-state index < -0.39 is 10.0 Å². The van der Waals surface area contributed by atoms with Gasteiger partial charge in [-0.3, -0.25) is 0 Å². The second kappa shape index (κ2) is 7.43. The maximum Gasteiger partial charge on any atom is 0.215 e. The van der Waals surface area contributed by atoms with E-state index in [-0.39, 0.29) is 11.9 Å². The Labute approximate surface area is 111 Å². The molecule has 6 heteroatoms. The van der Waals surface area contributed by atoms with E-state index in [9.17, 15) is 8.42 Å². The summed E-state index contributed by atoms with van der Waals surface area (Å²) >= 11 is 0. The average Bonchev–Trinajstić information content (AvgIpc) is 2.29. The lowest BCUT2D eigenvalue weighted by atomic mass is 10.1. The third-order valence-corrected chi connectivity index (χ3v) is 4.94. The minimum Gasteiger partial charge on any atom is -0.377 e. The number of nitrogens with zero attached hydrogens (tertiary/aromatic N) is 1. The molecule has 1 unspecified atom stereocenters. The van der Waals surface area contributed by atoms with Crippen LogP contribution in [0.4, 0.5) is 0 Å². The number of rotatable bonds is 7. The summed E-state index contributed by atoms with van der Waals surface area (Å²) in [7, 11) is -1.52. The monoisotopic (exact) mass is 278 g/mol. The van der Waals surface area contributed by atoms with Gasteiger partial charge in [-0.25, -0.2) is 12.7 Å². The van der Waals surface area contributed by atoms with Gasteiger partial charge in [0.25, 0.3) is 0 Å². The maximum atomic E-state index is 12.0. The van der Waals surface area contributed by atoms with Gasteiger partial charge in [0.05, 0.1) is 11.9 Å². The number of hydrogen-bond donors (Lipinski definition) is 1. The first-order chi connectivity index (χ1) is 8.42. The molecule has 0 aromatic rings. The summed E-state index contributed by atoms with van der Waals surface area (Å²) in [6.07, 6.45) is 3.25. The molecule has 108 valence electrons. The van der Waals surface area contributed by atoms with Gasteiger partial charge in [0.2, 0.25) is 10.0 Å². The molecule has 1 rings (SSSR count). The van der Waals surface area contributed by atoms with Crippen molar-refractivity contribution in [3.05, 3.63) is 0 Å². The normalized spacial score (nSPS) is 21.7. The van der Waals surface area contributed by atoms with Crippen molar-refractivity contribution >= 4 is 10.0 Å². The van der Waals surface area contributed by atoms with Crippen LogP contribution >= 0.6 is 0 Å². The molecule has 1 fully saturated rings. The summed E-state index contributed by atoms with van der Waals surface area (Å²) in [5.74, 6) is 0.147. The minimum absolute atomic E-state index is 0.0663. The zero-order valence-corrected chi connectivity index (χ0v) is 12.5. The molecular formula is C12H26N2O3S. The summed E-state index contributed by atoms with van der Waals surface area (Å²) in [5, 5.41) is 3.12. The van der Waals surface area contributed by atoms with Crippen LogP contribution in [0.2, 0.25) is 0 Å². The van der Waals surface area contributed by atoms with Gasteiger partial charge < -0.3 is 10.1 Å². The van der Waals surface area contributed by atoms with Crippen molar-refractivity contribution in [2.75, 3.05) is 32.5 Å². The van der Waals surface area contributed by atoms with Crippen molar-refractivity contribution in [2.45, 2.75) is 45.3 Å². The topological polar surface area (TPSA) is 58.6 Å². The summed E-state index contributed by atoms with van der Waals surface area (Å²) in [5.41, 5.74) is 0. The Bertz CT molecular complexity index is 324. The molecule has 0 amide bonds. The van der Waals surface area contributed by atoms with E-state index in [1.165, 1.54) is 4.31 Å². The number of nitrogens with one attached hydrogen (secondary N) is 1. The van der Waals surface area contributed by atoms with E-state index in [0.29, 0.717) is 19.1 Å². The molecule has 1 atom stereocenters. The zero-order valence-electron chi connectivity index (χ0n) is 11.7. The first kappa shape index (κ1) is 15.9. The average molecular weight is 278 g/mol. The molecule has 1 aliphatic heterocycles. The number of sulfonamides is 1. The number of hydrogen-bond acceptors (Lipinski definition) is 4. The van der Waals surface area contributed by atoms with Crippen molar-refractivity contribution in [3.8, 4) is 0 Å². The van der Waals surface area contributed by atoms with Crippen molar-refractivity contribution in [1.29, 1.82) is 0 Å². The van der Waals surface area contributed by atoms with Gasteiger partial charge in [-0.2, -0.15) is 0 Å². The molecular weight excluding hydrogens is 252 g/mol. The summed E-state index contributed by atoms with van der Waals surface area (Å²) in [4.78, 5) is 0. The molecule has 0 aliphatic carbocycles. The molecule has 0 aromatic carbocycles. The first-order valence-corrected chi connectivity index (χ1v) is 8.31. The highest BCUT2D eigenvalue weighted by Crippen LogP contribution is 2.14. The predicted octanol–water partition coefficient (Wildman–Crippen LogP) is 0.815. The molecule has 0 radical (unpaired) electrons. The third-order valence-electron chi connectivity index (χ3n) is 3.12. The molecule has 1 saturated heterocycles. The molecule has 18 heavy (non-hydrogen) atoms. The lowest BCUT2D eigenvalue weighted by Crippen LogP contribution is -2.40. The molecule has 0 saturated carbocycles. The fraction of sp³-hybridized carbons (Fsp3) is 1.00. The highest BCUT2D eigenvalue weighted by Gasteiger charge is 2.23. The molecule has 1 N–H and O–H groups in total. The molecule has 1 heterocycles. The maximum absolute atomic E-state index is 12.0. The van der Waals surface area contributed by atoms with E-state index in [1.54, 1.807) is 7.05 Å². The largest absolute Gasteiger partial charge is 0.377 e. The van der Waals surface area contributed by atoms with E-state index >= 15 is 0 Å². The van der Waals surface area contributed by atoms with Gasteiger partial charge in [-0.15, -0.1) is 0 Å². The van der Waals surface area contributed by atoms with Crippen LogP contribution in [0.1, 0.15) is 33.1 Å². The highest BCUT2D eigenvalue weighted by molar-refractivity contribution is 7.89. The molecule has 0 spiro atoms. The highest BCUT2D eigenvalue weighted by atomic mass is 32.2. The SMILES string of the molecule is CC(C)NCCS(=O)(=O)N(C)CC1CCCCO1. The molecule has 5 nitrogen and oxygen atoms in total. The standard InChI is InChI=1S/C12H26N2O3S/c1-11(2)13-7-9-18(15,16)14(3)10-12-6-4-5-8-17-12/h11-13H,4-10H2,1-3H3. The Kier molecular flexibility index (Phi) is 6.55. The fourth-order valence-corrected chi connectivity index (χ4v) is 3.07.